The van der Waals surface area contributed by atoms with E-state index in [9.17, 15) is 14.7 Å². The second kappa shape index (κ2) is 6.92. The van der Waals surface area contributed by atoms with Crippen LogP contribution in [-0.4, -0.2) is 27.0 Å². The summed E-state index contributed by atoms with van der Waals surface area (Å²) in [6.45, 7) is 6.58. The lowest BCUT2D eigenvalue weighted by molar-refractivity contribution is 0.194. The number of carbonyl (C=O) groups is 2. The van der Waals surface area contributed by atoms with Gasteiger partial charge in [-0.2, -0.15) is 9.78 Å². The van der Waals surface area contributed by atoms with Crippen molar-refractivity contribution in [3.8, 4) is 0 Å². The Morgan fingerprint density at radius 3 is 2.72 bits per heavy atom. The molecule has 150 valence electrons. The first kappa shape index (κ1) is 19.0. The maximum Gasteiger partial charge on any atom is 0.432 e. The van der Waals surface area contributed by atoms with Crippen molar-refractivity contribution >= 4 is 28.7 Å². The molecule has 7 heteroatoms. The van der Waals surface area contributed by atoms with Crippen molar-refractivity contribution in [3.05, 3.63) is 59.3 Å². The Morgan fingerprint density at radius 1 is 1.21 bits per heavy atom. The number of carbonyl (C=O) groups excluding carboxylic acids is 1. The molecule has 0 fully saturated rings. The van der Waals surface area contributed by atoms with Crippen molar-refractivity contribution in [3.63, 3.8) is 0 Å². The fraction of sp³-hybridized carbons (Fsp3) is 0.318. The molecule has 29 heavy (non-hydrogen) atoms. The number of hydrogen-bond acceptors (Lipinski definition) is 3. The van der Waals surface area contributed by atoms with E-state index >= 15 is 0 Å². The molecule has 0 aliphatic heterocycles. The highest BCUT2D eigenvalue weighted by Gasteiger charge is 2.26. The van der Waals surface area contributed by atoms with Gasteiger partial charge in [0.05, 0.1) is 23.4 Å². The minimum Gasteiger partial charge on any atom is -0.463 e. The number of urea groups is 1. The van der Waals surface area contributed by atoms with Gasteiger partial charge >= 0.3 is 12.1 Å². The van der Waals surface area contributed by atoms with Crippen LogP contribution in [0.3, 0.4) is 0 Å². The number of hydrogen-bond donors (Lipinski definition) is 3. The quantitative estimate of drug-likeness (QED) is 0.590. The van der Waals surface area contributed by atoms with Crippen LogP contribution >= 0.6 is 0 Å². The Labute approximate surface area is 168 Å². The molecule has 1 aliphatic rings. The average molecular weight is 392 g/mol. The molecule has 1 atom stereocenters. The van der Waals surface area contributed by atoms with Crippen LogP contribution in [0.25, 0.3) is 10.9 Å². The topological polar surface area (TPSA) is 96.3 Å². The minimum atomic E-state index is -1.17. The van der Waals surface area contributed by atoms with E-state index in [0.717, 1.165) is 23.1 Å². The zero-order chi connectivity index (χ0) is 20.8. The summed E-state index contributed by atoms with van der Waals surface area (Å²) < 4.78 is 0.887. The van der Waals surface area contributed by atoms with Gasteiger partial charge in [-0.3, -0.25) is 0 Å². The van der Waals surface area contributed by atoms with E-state index in [4.69, 9.17) is 0 Å². The summed E-state index contributed by atoms with van der Waals surface area (Å²) in [5, 5.41) is 19.5. The van der Waals surface area contributed by atoms with Crippen LogP contribution in [0.1, 0.15) is 49.9 Å². The van der Waals surface area contributed by atoms with Crippen LogP contribution < -0.4 is 10.6 Å². The molecule has 0 spiro atoms. The number of aryl methyl sites for hydroxylation is 1. The first-order valence-corrected chi connectivity index (χ1v) is 9.65. The van der Waals surface area contributed by atoms with Gasteiger partial charge in [0.2, 0.25) is 0 Å². The van der Waals surface area contributed by atoms with Crippen LogP contribution in [-0.2, 0) is 11.8 Å². The smallest absolute Gasteiger partial charge is 0.432 e. The molecule has 3 aromatic rings. The number of amides is 2. The van der Waals surface area contributed by atoms with Gasteiger partial charge in [0.15, 0.2) is 0 Å². The molecule has 0 saturated heterocycles. The number of rotatable bonds is 2. The first-order valence-electron chi connectivity index (χ1n) is 9.65. The predicted molar refractivity (Wildman–Crippen MR) is 112 cm³/mol. The molecule has 4 rings (SSSR count). The van der Waals surface area contributed by atoms with Crippen molar-refractivity contribution in [1.82, 2.24) is 15.1 Å². The largest absolute Gasteiger partial charge is 0.463 e. The Bertz CT molecular complexity index is 1110. The van der Waals surface area contributed by atoms with Crippen molar-refractivity contribution in [1.29, 1.82) is 0 Å². The van der Waals surface area contributed by atoms with E-state index in [0.29, 0.717) is 16.6 Å². The van der Waals surface area contributed by atoms with Gasteiger partial charge in [0, 0.05) is 5.39 Å². The van der Waals surface area contributed by atoms with Gasteiger partial charge in [-0.25, -0.2) is 9.59 Å². The van der Waals surface area contributed by atoms with Crippen molar-refractivity contribution < 1.29 is 14.7 Å². The maximum absolute atomic E-state index is 12.6. The van der Waals surface area contributed by atoms with Crippen molar-refractivity contribution in [2.75, 3.05) is 5.32 Å². The summed E-state index contributed by atoms with van der Waals surface area (Å²) in [4.78, 5) is 23.9. The summed E-state index contributed by atoms with van der Waals surface area (Å²) in [5.41, 5.74) is 4.78. The van der Waals surface area contributed by atoms with Gasteiger partial charge in [0.1, 0.15) is 0 Å². The van der Waals surface area contributed by atoms with Gasteiger partial charge in [-0.15, -0.1) is 0 Å². The monoisotopic (exact) mass is 392 g/mol. The van der Waals surface area contributed by atoms with Gasteiger partial charge in [0.25, 0.3) is 0 Å². The van der Waals surface area contributed by atoms with Gasteiger partial charge < -0.3 is 15.7 Å². The fourth-order valence-corrected chi connectivity index (χ4v) is 3.86. The molecule has 1 aromatic heterocycles. The molecular formula is C22H24N4O3. The standard InChI is InChI=1S/C22H24N4O3/c1-22(2,3)14-8-9-15-13(11-14)7-10-18(15)25-20(27)24-17-5-4-6-19-16(17)12-23-26(19)21(28)29/h4-6,8-9,11-12,18H,7,10H2,1-3H3,(H,28,29)(H2,24,25,27). The number of benzene rings is 2. The molecule has 7 nitrogen and oxygen atoms in total. The van der Waals surface area contributed by atoms with E-state index < -0.39 is 6.09 Å². The third kappa shape index (κ3) is 3.55. The summed E-state index contributed by atoms with van der Waals surface area (Å²) in [6.07, 6.45) is 2.07. The number of fused-ring (bicyclic) bond motifs is 2. The second-order valence-corrected chi connectivity index (χ2v) is 8.43. The van der Waals surface area contributed by atoms with Crippen LogP contribution in [0.5, 0.6) is 0 Å². The number of nitrogens with zero attached hydrogens (tertiary/aromatic N) is 2. The molecular weight excluding hydrogens is 368 g/mol. The Kier molecular flexibility index (Phi) is 4.53. The normalized spacial score (nSPS) is 15.9. The summed E-state index contributed by atoms with van der Waals surface area (Å²) in [6, 6.07) is 11.2. The zero-order valence-electron chi connectivity index (χ0n) is 16.7. The summed E-state index contributed by atoms with van der Waals surface area (Å²) in [5.74, 6) is 0. The van der Waals surface area contributed by atoms with Crippen LogP contribution in [0.15, 0.2) is 42.6 Å². The lowest BCUT2D eigenvalue weighted by Crippen LogP contribution is -2.31. The third-order valence-corrected chi connectivity index (χ3v) is 5.44. The molecule has 0 bridgehead atoms. The number of aromatic nitrogens is 2. The summed E-state index contributed by atoms with van der Waals surface area (Å²) >= 11 is 0. The molecule has 1 unspecified atom stereocenters. The number of nitrogens with one attached hydrogen (secondary N) is 2. The minimum absolute atomic E-state index is 0.0417. The lowest BCUT2D eigenvalue weighted by Gasteiger charge is -2.21. The van der Waals surface area contributed by atoms with E-state index in [1.54, 1.807) is 18.2 Å². The molecule has 2 amide bonds. The molecule has 2 aromatic carbocycles. The predicted octanol–water partition coefficient (Wildman–Crippen LogP) is 4.67. The third-order valence-electron chi connectivity index (χ3n) is 5.44. The van der Waals surface area contributed by atoms with E-state index in [1.807, 2.05) is 0 Å². The van der Waals surface area contributed by atoms with Crippen LogP contribution in [0.4, 0.5) is 15.3 Å². The Balaban J connectivity index is 1.51. The molecule has 0 saturated carbocycles. The Hall–Kier alpha value is -3.35. The van der Waals surface area contributed by atoms with Crippen molar-refractivity contribution in [2.45, 2.75) is 45.1 Å². The van der Waals surface area contributed by atoms with E-state index in [-0.39, 0.29) is 17.5 Å². The van der Waals surface area contributed by atoms with Gasteiger partial charge in [-0.1, -0.05) is 45.0 Å². The van der Waals surface area contributed by atoms with Crippen LogP contribution in [0.2, 0.25) is 0 Å². The SMILES string of the molecule is CC(C)(C)c1ccc2c(c1)CCC2NC(=O)Nc1cccc2c1cnn2C(=O)O. The molecule has 1 heterocycles. The zero-order valence-corrected chi connectivity index (χ0v) is 16.7. The lowest BCUT2D eigenvalue weighted by atomic mass is 9.85. The molecule has 0 radical (unpaired) electrons. The molecule has 3 N–H and O–H groups in total. The van der Waals surface area contributed by atoms with Gasteiger partial charge in [-0.05, 0) is 47.1 Å². The Morgan fingerprint density at radius 2 is 2.00 bits per heavy atom. The highest BCUT2D eigenvalue weighted by molar-refractivity contribution is 6.02. The van der Waals surface area contributed by atoms with E-state index in [2.05, 4.69) is 54.7 Å². The van der Waals surface area contributed by atoms with Crippen molar-refractivity contribution in [2.24, 2.45) is 0 Å². The number of anilines is 1. The highest BCUT2D eigenvalue weighted by Crippen LogP contribution is 2.34. The maximum atomic E-state index is 12.6. The van der Waals surface area contributed by atoms with E-state index in [1.165, 1.54) is 17.3 Å². The number of carboxylic acid groups (broad SMARTS) is 1. The highest BCUT2D eigenvalue weighted by atomic mass is 16.4. The second-order valence-electron chi connectivity index (χ2n) is 8.43. The molecule has 1 aliphatic carbocycles. The fourth-order valence-electron chi connectivity index (χ4n) is 3.86. The first-order chi connectivity index (χ1) is 13.7. The average Bonchev–Trinajstić information content (AvgIpc) is 3.25. The summed E-state index contributed by atoms with van der Waals surface area (Å²) in [7, 11) is 0. The van der Waals surface area contributed by atoms with Crippen LogP contribution in [0, 0.1) is 0 Å².